The molecule has 0 aliphatic heterocycles. The molecule has 0 unspecified atom stereocenters. The smallest absolute Gasteiger partial charge is 0.266 e. The van der Waals surface area contributed by atoms with Gasteiger partial charge in [-0.1, -0.05) is 30.3 Å². The first-order valence-electron chi connectivity index (χ1n) is 10.1. The van der Waals surface area contributed by atoms with Gasteiger partial charge in [0, 0.05) is 13.0 Å². The molecule has 0 radical (unpaired) electrons. The predicted molar refractivity (Wildman–Crippen MR) is 133 cm³/mol. The Morgan fingerprint density at radius 1 is 1.03 bits per heavy atom. The van der Waals surface area contributed by atoms with Crippen molar-refractivity contribution in [3.05, 3.63) is 79.5 Å². The molecule has 0 saturated heterocycles. The minimum atomic E-state index is -0.0361. The van der Waals surface area contributed by atoms with Crippen LogP contribution in [0.5, 0.6) is 0 Å². The van der Waals surface area contributed by atoms with E-state index < -0.39 is 0 Å². The monoisotopic (exact) mass is 526 g/mol. The van der Waals surface area contributed by atoms with E-state index in [0.29, 0.717) is 18.4 Å². The average molecular weight is 526 g/mol. The largest absolute Gasteiger partial charge is 0.369 e. The molecule has 31 heavy (non-hydrogen) atoms. The van der Waals surface area contributed by atoms with Gasteiger partial charge in [-0.15, -0.1) is 0 Å². The number of aromatic nitrogens is 4. The lowest BCUT2D eigenvalue weighted by Gasteiger charge is -2.15. The van der Waals surface area contributed by atoms with Crippen LogP contribution in [-0.2, 0) is 6.42 Å². The molecule has 2 aromatic heterocycles. The first-order chi connectivity index (χ1) is 15.0. The van der Waals surface area contributed by atoms with Crippen molar-refractivity contribution < 1.29 is 0 Å². The van der Waals surface area contributed by atoms with E-state index in [4.69, 9.17) is 10.7 Å². The minimum absolute atomic E-state index is 0.0361. The third-order valence-electron chi connectivity index (χ3n) is 5.09. The zero-order valence-corrected chi connectivity index (χ0v) is 19.6. The molecule has 0 aliphatic rings. The normalized spacial score (nSPS) is 11.1. The number of benzene rings is 2. The molecule has 158 valence electrons. The molecular weight excluding hydrogens is 503 g/mol. The van der Waals surface area contributed by atoms with Crippen LogP contribution >= 0.6 is 22.6 Å². The summed E-state index contributed by atoms with van der Waals surface area (Å²) in [5.74, 6) is 1.72. The Morgan fingerprint density at radius 3 is 2.58 bits per heavy atom. The molecule has 4 aromatic rings. The molecule has 8 heteroatoms. The number of rotatable bonds is 6. The third-order valence-corrected chi connectivity index (χ3v) is 6.39. The van der Waals surface area contributed by atoms with Crippen LogP contribution in [0.4, 0.5) is 11.8 Å². The maximum atomic E-state index is 13.4. The van der Waals surface area contributed by atoms with Gasteiger partial charge in [-0.05, 0) is 66.6 Å². The lowest BCUT2D eigenvalue weighted by molar-refractivity contribution is 0.752. The first-order valence-corrected chi connectivity index (χ1v) is 11.1. The molecule has 0 fully saturated rings. The molecule has 0 atom stereocenters. The van der Waals surface area contributed by atoms with Gasteiger partial charge < -0.3 is 11.1 Å². The van der Waals surface area contributed by atoms with Gasteiger partial charge in [0.1, 0.15) is 11.6 Å². The zero-order chi connectivity index (χ0) is 22.0. The Bertz CT molecular complexity index is 1300. The number of para-hydroxylation sites is 1. The van der Waals surface area contributed by atoms with Gasteiger partial charge in [0.05, 0.1) is 25.9 Å². The van der Waals surface area contributed by atoms with Crippen molar-refractivity contribution in [1.82, 2.24) is 19.5 Å². The zero-order valence-electron chi connectivity index (χ0n) is 17.4. The van der Waals surface area contributed by atoms with E-state index in [1.165, 1.54) is 0 Å². The highest BCUT2D eigenvalue weighted by Crippen LogP contribution is 2.20. The van der Waals surface area contributed by atoms with Crippen molar-refractivity contribution in [2.24, 2.45) is 0 Å². The maximum absolute atomic E-state index is 13.4. The second-order valence-electron chi connectivity index (χ2n) is 7.33. The van der Waals surface area contributed by atoms with Crippen LogP contribution in [0.25, 0.3) is 16.6 Å². The molecule has 7 nitrogen and oxygen atoms in total. The van der Waals surface area contributed by atoms with Gasteiger partial charge in [0.25, 0.3) is 5.56 Å². The van der Waals surface area contributed by atoms with Gasteiger partial charge in [0.15, 0.2) is 0 Å². The number of hydrogen-bond acceptors (Lipinski definition) is 6. The van der Waals surface area contributed by atoms with E-state index in [-0.39, 0.29) is 11.5 Å². The molecule has 2 heterocycles. The van der Waals surface area contributed by atoms with Crippen molar-refractivity contribution in [2.45, 2.75) is 26.7 Å². The maximum Gasteiger partial charge on any atom is 0.266 e. The van der Waals surface area contributed by atoms with Crippen molar-refractivity contribution >= 4 is 45.3 Å². The summed E-state index contributed by atoms with van der Waals surface area (Å²) in [7, 11) is 0. The van der Waals surface area contributed by atoms with E-state index >= 15 is 0 Å². The fourth-order valence-corrected chi connectivity index (χ4v) is 4.04. The molecule has 3 N–H and O–H groups in total. The molecule has 2 aromatic carbocycles. The van der Waals surface area contributed by atoms with Gasteiger partial charge in [-0.25, -0.2) is 9.97 Å². The van der Waals surface area contributed by atoms with Crippen LogP contribution in [0.2, 0.25) is 0 Å². The predicted octanol–water partition coefficient (Wildman–Crippen LogP) is 4.02. The standard InChI is InChI=1S/C23H23IN6O/c1-14-8-6-11-17-19(14)22(31)30(16-9-4-3-5-10-16)18(28-17)12-7-13-26-21-20(24)15(2)27-23(25)29-21/h3-6,8-11H,7,12-13H2,1-2H3,(H3,25,26,27,29). The van der Waals surface area contributed by atoms with Gasteiger partial charge >= 0.3 is 0 Å². The summed E-state index contributed by atoms with van der Waals surface area (Å²) in [6.07, 6.45) is 1.41. The number of fused-ring (bicyclic) bond motifs is 1. The second kappa shape index (κ2) is 9.01. The fourth-order valence-electron chi connectivity index (χ4n) is 3.60. The van der Waals surface area contributed by atoms with Gasteiger partial charge in [0.2, 0.25) is 5.95 Å². The molecule has 0 spiro atoms. The molecule has 0 saturated carbocycles. The number of nitrogens with two attached hydrogens (primary N) is 1. The summed E-state index contributed by atoms with van der Waals surface area (Å²) in [4.78, 5) is 26.7. The van der Waals surface area contributed by atoms with Crippen LogP contribution in [0, 0.1) is 17.4 Å². The quantitative estimate of drug-likeness (QED) is 0.291. The van der Waals surface area contributed by atoms with E-state index in [1.807, 2.05) is 62.4 Å². The summed E-state index contributed by atoms with van der Waals surface area (Å²) in [6.45, 7) is 4.52. The summed E-state index contributed by atoms with van der Waals surface area (Å²) < 4.78 is 2.68. The molecule has 0 amide bonds. The number of aryl methyl sites for hydroxylation is 3. The molecule has 4 rings (SSSR count). The van der Waals surface area contributed by atoms with Crippen molar-refractivity contribution in [3.8, 4) is 5.69 Å². The van der Waals surface area contributed by atoms with E-state index in [0.717, 1.165) is 44.1 Å². The topological polar surface area (TPSA) is 98.7 Å². The fraction of sp³-hybridized carbons (Fsp3) is 0.217. The lowest BCUT2D eigenvalue weighted by Crippen LogP contribution is -2.25. The number of anilines is 2. The number of nitrogens with zero attached hydrogens (tertiary/aromatic N) is 4. The summed E-state index contributed by atoms with van der Waals surface area (Å²) in [6, 6.07) is 15.4. The molecule has 0 aliphatic carbocycles. The number of halogens is 1. The highest BCUT2D eigenvalue weighted by Gasteiger charge is 2.14. The van der Waals surface area contributed by atoms with E-state index in [9.17, 15) is 4.79 Å². The van der Waals surface area contributed by atoms with E-state index in [2.05, 4.69) is 37.9 Å². The Balaban J connectivity index is 1.64. The Morgan fingerprint density at radius 2 is 1.81 bits per heavy atom. The average Bonchev–Trinajstić information content (AvgIpc) is 2.75. The summed E-state index contributed by atoms with van der Waals surface area (Å²) >= 11 is 2.21. The van der Waals surface area contributed by atoms with Crippen molar-refractivity contribution in [1.29, 1.82) is 0 Å². The highest BCUT2D eigenvalue weighted by molar-refractivity contribution is 14.1. The van der Waals surface area contributed by atoms with Crippen molar-refractivity contribution in [3.63, 3.8) is 0 Å². The lowest BCUT2D eigenvalue weighted by atomic mass is 10.1. The second-order valence-corrected chi connectivity index (χ2v) is 8.41. The number of nitrogens with one attached hydrogen (secondary N) is 1. The van der Waals surface area contributed by atoms with Gasteiger partial charge in [-0.2, -0.15) is 4.98 Å². The summed E-state index contributed by atoms with van der Waals surface area (Å²) in [5.41, 5.74) is 9.07. The van der Waals surface area contributed by atoms with Crippen LogP contribution in [-0.4, -0.2) is 26.1 Å². The van der Waals surface area contributed by atoms with E-state index in [1.54, 1.807) is 4.57 Å². The summed E-state index contributed by atoms with van der Waals surface area (Å²) in [5, 5.41) is 3.99. The van der Waals surface area contributed by atoms with Gasteiger partial charge in [-0.3, -0.25) is 9.36 Å². The highest BCUT2D eigenvalue weighted by atomic mass is 127. The number of nitrogen functional groups attached to an aromatic ring is 1. The Labute approximate surface area is 193 Å². The molecular formula is C23H23IN6O. The van der Waals surface area contributed by atoms with Crippen molar-refractivity contribution in [2.75, 3.05) is 17.6 Å². The third kappa shape index (κ3) is 4.39. The minimum Gasteiger partial charge on any atom is -0.369 e. The van der Waals surface area contributed by atoms with Crippen LogP contribution in [0.1, 0.15) is 23.5 Å². The first kappa shape index (κ1) is 21.2. The Hall–Kier alpha value is -3.01. The van der Waals surface area contributed by atoms with Crippen LogP contribution in [0.3, 0.4) is 0 Å². The Kier molecular flexibility index (Phi) is 6.17. The van der Waals surface area contributed by atoms with Crippen LogP contribution < -0.4 is 16.6 Å². The SMILES string of the molecule is Cc1nc(N)nc(NCCCc2nc3cccc(C)c3c(=O)n2-c2ccccc2)c1I. The number of hydrogen-bond donors (Lipinski definition) is 2. The van der Waals surface area contributed by atoms with Crippen LogP contribution in [0.15, 0.2) is 53.3 Å². The molecule has 0 bridgehead atoms.